The van der Waals surface area contributed by atoms with Crippen LogP contribution in [0.2, 0.25) is 0 Å². The summed E-state index contributed by atoms with van der Waals surface area (Å²) in [6.07, 6.45) is 0. The Labute approximate surface area is 118 Å². The van der Waals surface area contributed by atoms with E-state index in [0.717, 1.165) is 0 Å². The minimum absolute atomic E-state index is 0.0547. The van der Waals surface area contributed by atoms with Crippen LogP contribution in [0.3, 0.4) is 0 Å². The van der Waals surface area contributed by atoms with E-state index in [-0.39, 0.29) is 17.5 Å². The normalized spacial score (nSPS) is 12.1. The molecule has 1 amide bonds. The standard InChI is InChI=1S/C14H21N5O/c1-8(2)16-13(20)11-9-6-7-10(15)17-12(9)19(18-11)14(3,4)5/h6-8H,1-5H3,(H2,15,17)(H,16,20). The van der Waals surface area contributed by atoms with E-state index in [1.54, 1.807) is 16.8 Å². The fraction of sp³-hybridized carbons (Fsp3) is 0.500. The van der Waals surface area contributed by atoms with E-state index in [0.29, 0.717) is 22.5 Å². The molecular formula is C14H21N5O. The van der Waals surface area contributed by atoms with Gasteiger partial charge in [-0.2, -0.15) is 5.10 Å². The molecule has 0 aliphatic heterocycles. The molecule has 3 N–H and O–H groups in total. The maximum absolute atomic E-state index is 12.2. The number of nitrogens with two attached hydrogens (primary N) is 1. The summed E-state index contributed by atoms with van der Waals surface area (Å²) in [6.45, 7) is 9.85. The quantitative estimate of drug-likeness (QED) is 0.876. The molecule has 20 heavy (non-hydrogen) atoms. The van der Waals surface area contributed by atoms with E-state index in [1.807, 2.05) is 34.6 Å². The highest BCUT2D eigenvalue weighted by molar-refractivity contribution is 6.04. The summed E-state index contributed by atoms with van der Waals surface area (Å²) in [4.78, 5) is 16.6. The molecule has 0 radical (unpaired) electrons. The summed E-state index contributed by atoms with van der Waals surface area (Å²) in [5.74, 6) is 0.221. The summed E-state index contributed by atoms with van der Waals surface area (Å²) in [6, 6.07) is 3.53. The number of nitrogen functional groups attached to an aromatic ring is 1. The molecule has 0 aliphatic rings. The van der Waals surface area contributed by atoms with Gasteiger partial charge in [0.15, 0.2) is 11.3 Å². The van der Waals surface area contributed by atoms with Crippen LogP contribution in [-0.4, -0.2) is 26.7 Å². The Bertz CT molecular complexity index is 651. The third-order valence-corrected chi connectivity index (χ3v) is 2.82. The van der Waals surface area contributed by atoms with Gasteiger partial charge in [-0.3, -0.25) is 4.79 Å². The molecular weight excluding hydrogens is 254 g/mol. The van der Waals surface area contributed by atoms with Gasteiger partial charge < -0.3 is 11.1 Å². The van der Waals surface area contributed by atoms with Gasteiger partial charge >= 0.3 is 0 Å². The number of amides is 1. The van der Waals surface area contributed by atoms with E-state index in [4.69, 9.17) is 5.73 Å². The molecule has 0 spiro atoms. The second kappa shape index (κ2) is 4.77. The topological polar surface area (TPSA) is 85.8 Å². The van der Waals surface area contributed by atoms with E-state index in [1.165, 1.54) is 0 Å². The Hall–Kier alpha value is -2.11. The molecule has 0 unspecified atom stereocenters. The third kappa shape index (κ3) is 2.59. The van der Waals surface area contributed by atoms with Gasteiger partial charge in [0.05, 0.1) is 10.9 Å². The number of aromatic nitrogens is 3. The molecule has 6 heteroatoms. The van der Waals surface area contributed by atoms with Crippen LogP contribution in [0.1, 0.15) is 45.1 Å². The van der Waals surface area contributed by atoms with Crippen molar-refractivity contribution in [3.8, 4) is 0 Å². The molecule has 0 fully saturated rings. The van der Waals surface area contributed by atoms with Crippen LogP contribution in [0.4, 0.5) is 5.82 Å². The van der Waals surface area contributed by atoms with Crippen molar-refractivity contribution >= 4 is 22.8 Å². The summed E-state index contributed by atoms with van der Waals surface area (Å²) >= 11 is 0. The van der Waals surface area contributed by atoms with Crippen LogP contribution in [0.5, 0.6) is 0 Å². The number of hydrogen-bond donors (Lipinski definition) is 2. The summed E-state index contributed by atoms with van der Waals surface area (Å²) < 4.78 is 1.74. The largest absolute Gasteiger partial charge is 0.384 e. The zero-order chi connectivity index (χ0) is 15.1. The lowest BCUT2D eigenvalue weighted by Crippen LogP contribution is -2.31. The van der Waals surface area contributed by atoms with Crippen molar-refractivity contribution in [1.82, 2.24) is 20.1 Å². The zero-order valence-electron chi connectivity index (χ0n) is 12.6. The van der Waals surface area contributed by atoms with Crippen molar-refractivity contribution in [2.45, 2.75) is 46.2 Å². The van der Waals surface area contributed by atoms with Crippen molar-refractivity contribution in [3.05, 3.63) is 17.8 Å². The van der Waals surface area contributed by atoms with E-state index in [9.17, 15) is 4.79 Å². The summed E-state index contributed by atoms with van der Waals surface area (Å²) in [7, 11) is 0. The number of anilines is 1. The van der Waals surface area contributed by atoms with Gasteiger partial charge in [0.25, 0.3) is 5.91 Å². The first kappa shape index (κ1) is 14.3. The Morgan fingerprint density at radius 2 is 2.00 bits per heavy atom. The van der Waals surface area contributed by atoms with Crippen LogP contribution < -0.4 is 11.1 Å². The van der Waals surface area contributed by atoms with E-state index < -0.39 is 0 Å². The van der Waals surface area contributed by atoms with Crippen molar-refractivity contribution in [1.29, 1.82) is 0 Å². The van der Waals surface area contributed by atoms with Crippen LogP contribution in [0.25, 0.3) is 11.0 Å². The second-order valence-electron chi connectivity index (χ2n) is 6.17. The van der Waals surface area contributed by atoms with E-state index >= 15 is 0 Å². The van der Waals surface area contributed by atoms with Crippen LogP contribution in [-0.2, 0) is 5.54 Å². The molecule has 6 nitrogen and oxygen atoms in total. The molecule has 2 heterocycles. The maximum Gasteiger partial charge on any atom is 0.272 e. The molecule has 0 aliphatic carbocycles. The van der Waals surface area contributed by atoms with Crippen LogP contribution in [0.15, 0.2) is 12.1 Å². The molecule has 2 aromatic rings. The fourth-order valence-corrected chi connectivity index (χ4v) is 1.98. The van der Waals surface area contributed by atoms with Crippen LogP contribution >= 0.6 is 0 Å². The SMILES string of the molecule is CC(C)NC(=O)c1nn(C(C)(C)C)c2nc(N)ccc12. The van der Waals surface area contributed by atoms with Gasteiger partial charge in [-0.05, 0) is 46.8 Å². The summed E-state index contributed by atoms with van der Waals surface area (Å²) in [5, 5.41) is 8.01. The third-order valence-electron chi connectivity index (χ3n) is 2.82. The Balaban J connectivity index is 2.65. The monoisotopic (exact) mass is 275 g/mol. The maximum atomic E-state index is 12.2. The first-order chi connectivity index (χ1) is 9.20. The van der Waals surface area contributed by atoms with Gasteiger partial charge in [-0.15, -0.1) is 0 Å². The number of fused-ring (bicyclic) bond motifs is 1. The fourth-order valence-electron chi connectivity index (χ4n) is 1.98. The lowest BCUT2D eigenvalue weighted by atomic mass is 10.1. The predicted octanol–water partition coefficient (Wildman–Crippen LogP) is 1.91. The summed E-state index contributed by atoms with van der Waals surface area (Å²) in [5.41, 5.74) is 6.48. The highest BCUT2D eigenvalue weighted by Crippen LogP contribution is 2.24. The van der Waals surface area contributed by atoms with Crippen molar-refractivity contribution in [2.75, 3.05) is 5.73 Å². The van der Waals surface area contributed by atoms with Gasteiger partial charge in [-0.1, -0.05) is 0 Å². The smallest absolute Gasteiger partial charge is 0.272 e. The number of rotatable bonds is 2. The molecule has 0 saturated carbocycles. The Kier molecular flexibility index (Phi) is 3.41. The molecule has 2 rings (SSSR count). The van der Waals surface area contributed by atoms with Crippen molar-refractivity contribution < 1.29 is 4.79 Å². The van der Waals surface area contributed by atoms with Gasteiger partial charge in [-0.25, -0.2) is 9.67 Å². The second-order valence-corrected chi connectivity index (χ2v) is 6.17. The number of nitrogens with zero attached hydrogens (tertiary/aromatic N) is 3. The predicted molar refractivity (Wildman–Crippen MR) is 79.5 cm³/mol. The number of carbonyl (C=O) groups is 1. The number of hydrogen-bond acceptors (Lipinski definition) is 4. The first-order valence-corrected chi connectivity index (χ1v) is 6.66. The van der Waals surface area contributed by atoms with Crippen molar-refractivity contribution in [2.24, 2.45) is 0 Å². The Morgan fingerprint density at radius 1 is 1.35 bits per heavy atom. The average Bonchev–Trinajstić information content (AvgIpc) is 2.66. The van der Waals surface area contributed by atoms with Crippen molar-refractivity contribution in [3.63, 3.8) is 0 Å². The molecule has 0 aromatic carbocycles. The van der Waals surface area contributed by atoms with Gasteiger partial charge in [0, 0.05) is 6.04 Å². The lowest BCUT2D eigenvalue weighted by Gasteiger charge is -2.19. The highest BCUT2D eigenvalue weighted by atomic mass is 16.2. The van der Waals surface area contributed by atoms with Crippen LogP contribution in [0, 0.1) is 0 Å². The number of carbonyl (C=O) groups excluding carboxylic acids is 1. The molecule has 108 valence electrons. The van der Waals surface area contributed by atoms with Gasteiger partial charge in [0.2, 0.25) is 0 Å². The minimum atomic E-state index is -0.282. The highest BCUT2D eigenvalue weighted by Gasteiger charge is 2.24. The first-order valence-electron chi connectivity index (χ1n) is 6.66. The molecule has 0 saturated heterocycles. The number of pyridine rings is 1. The minimum Gasteiger partial charge on any atom is -0.384 e. The zero-order valence-corrected chi connectivity index (χ0v) is 12.6. The molecule has 2 aromatic heterocycles. The average molecular weight is 275 g/mol. The van der Waals surface area contributed by atoms with E-state index in [2.05, 4.69) is 15.4 Å². The lowest BCUT2D eigenvalue weighted by molar-refractivity contribution is 0.0938. The Morgan fingerprint density at radius 3 is 2.55 bits per heavy atom. The number of nitrogens with one attached hydrogen (secondary N) is 1. The van der Waals surface area contributed by atoms with Gasteiger partial charge in [0.1, 0.15) is 5.82 Å². The molecule has 0 bridgehead atoms. The molecule has 0 atom stereocenters.